The first kappa shape index (κ1) is 15.8. The second-order valence-corrected chi connectivity index (χ2v) is 8.42. The number of fused-ring (bicyclic) bond motifs is 1. The Morgan fingerprint density at radius 3 is 2.52 bits per heavy atom. The van der Waals surface area contributed by atoms with E-state index in [2.05, 4.69) is 34.6 Å². The first-order chi connectivity index (χ1) is 9.76. The minimum Gasteiger partial charge on any atom is -0.375 e. The average molecular weight is 296 g/mol. The zero-order chi connectivity index (χ0) is 15.3. The van der Waals surface area contributed by atoms with Crippen LogP contribution < -0.4 is 0 Å². The Labute approximate surface area is 129 Å². The summed E-state index contributed by atoms with van der Waals surface area (Å²) in [6.07, 6.45) is 7.88. The van der Waals surface area contributed by atoms with Crippen molar-refractivity contribution in [3.05, 3.63) is 0 Å². The van der Waals surface area contributed by atoms with Gasteiger partial charge in [0.25, 0.3) is 0 Å². The van der Waals surface area contributed by atoms with Gasteiger partial charge in [0, 0.05) is 0 Å². The highest BCUT2D eigenvalue weighted by Crippen LogP contribution is 2.49. The molecule has 1 saturated carbocycles. The van der Waals surface area contributed by atoms with E-state index in [4.69, 9.17) is 14.2 Å². The summed E-state index contributed by atoms with van der Waals surface area (Å²) in [5.74, 6) is 0.685. The minimum atomic E-state index is 0.00713. The molecular weight excluding hydrogens is 264 g/mol. The molecule has 3 aliphatic rings. The van der Waals surface area contributed by atoms with Gasteiger partial charge in [-0.2, -0.15) is 0 Å². The van der Waals surface area contributed by atoms with Crippen molar-refractivity contribution in [3.8, 4) is 0 Å². The second kappa shape index (κ2) is 5.21. The Morgan fingerprint density at radius 1 is 1.24 bits per heavy atom. The predicted octanol–water partition coefficient (Wildman–Crippen LogP) is 4.09. The number of hydrogen-bond acceptors (Lipinski definition) is 3. The summed E-state index contributed by atoms with van der Waals surface area (Å²) in [7, 11) is 0. The van der Waals surface area contributed by atoms with E-state index in [-0.39, 0.29) is 16.8 Å². The lowest BCUT2D eigenvalue weighted by atomic mass is 9.83. The van der Waals surface area contributed by atoms with Crippen LogP contribution in [-0.4, -0.2) is 35.6 Å². The van der Waals surface area contributed by atoms with Gasteiger partial charge in [-0.3, -0.25) is 0 Å². The molecule has 0 amide bonds. The van der Waals surface area contributed by atoms with E-state index in [1.165, 1.54) is 19.3 Å². The van der Waals surface area contributed by atoms with Crippen LogP contribution in [0.25, 0.3) is 0 Å². The molecule has 0 aromatic carbocycles. The summed E-state index contributed by atoms with van der Waals surface area (Å²) in [5, 5.41) is 0. The fourth-order valence-electron chi connectivity index (χ4n) is 3.72. The van der Waals surface area contributed by atoms with Crippen LogP contribution in [0.15, 0.2) is 0 Å². The van der Waals surface area contributed by atoms with Crippen LogP contribution in [-0.2, 0) is 14.2 Å². The molecule has 3 rings (SSSR count). The van der Waals surface area contributed by atoms with Crippen LogP contribution in [0.1, 0.15) is 73.1 Å². The first-order valence-corrected chi connectivity index (χ1v) is 8.76. The lowest BCUT2D eigenvalue weighted by Crippen LogP contribution is -2.33. The van der Waals surface area contributed by atoms with Gasteiger partial charge in [-0.05, 0) is 72.1 Å². The highest BCUT2D eigenvalue weighted by molar-refractivity contribution is 5.03. The molecule has 0 spiro atoms. The monoisotopic (exact) mass is 296 g/mol. The van der Waals surface area contributed by atoms with E-state index >= 15 is 0 Å². The Hall–Kier alpha value is -0.120. The molecule has 1 aliphatic carbocycles. The number of epoxide rings is 2. The van der Waals surface area contributed by atoms with Gasteiger partial charge in [-0.25, -0.2) is 0 Å². The van der Waals surface area contributed by atoms with E-state index < -0.39 is 0 Å². The van der Waals surface area contributed by atoms with E-state index in [0.717, 1.165) is 25.9 Å². The molecule has 0 bridgehead atoms. The normalized spacial score (nSPS) is 43.0. The molecule has 0 aromatic heterocycles. The molecule has 5 unspecified atom stereocenters. The highest BCUT2D eigenvalue weighted by atomic mass is 16.6. The van der Waals surface area contributed by atoms with Crippen molar-refractivity contribution in [2.75, 3.05) is 6.61 Å². The van der Waals surface area contributed by atoms with Crippen LogP contribution >= 0.6 is 0 Å². The lowest BCUT2D eigenvalue weighted by molar-refractivity contribution is -0.0619. The van der Waals surface area contributed by atoms with Gasteiger partial charge in [0.1, 0.15) is 0 Å². The Morgan fingerprint density at radius 2 is 1.95 bits per heavy atom. The van der Waals surface area contributed by atoms with E-state index in [1.807, 2.05) is 0 Å². The Kier molecular flexibility index (Phi) is 3.91. The average Bonchev–Trinajstić information content (AvgIpc) is 3.28. The van der Waals surface area contributed by atoms with Crippen LogP contribution in [0.4, 0.5) is 0 Å². The van der Waals surface area contributed by atoms with Crippen molar-refractivity contribution < 1.29 is 14.2 Å². The van der Waals surface area contributed by atoms with Gasteiger partial charge in [-0.1, -0.05) is 6.92 Å². The van der Waals surface area contributed by atoms with Crippen LogP contribution in [0.3, 0.4) is 0 Å². The standard InChI is InChI=1S/C18H32O3/c1-6-17(4,9-8-14-16(2,3)20-14)19-12-13-7-10-18(5)15(11-13)21-18/h13-15H,6-12H2,1-5H3. The summed E-state index contributed by atoms with van der Waals surface area (Å²) in [4.78, 5) is 0. The second-order valence-electron chi connectivity index (χ2n) is 8.42. The molecule has 2 heterocycles. The summed E-state index contributed by atoms with van der Waals surface area (Å²) < 4.78 is 17.8. The first-order valence-electron chi connectivity index (χ1n) is 8.76. The molecule has 0 N–H and O–H groups in total. The maximum Gasteiger partial charge on any atom is 0.0920 e. The van der Waals surface area contributed by atoms with Crippen molar-refractivity contribution in [2.24, 2.45) is 5.92 Å². The molecule has 122 valence electrons. The van der Waals surface area contributed by atoms with Crippen molar-refractivity contribution in [1.29, 1.82) is 0 Å². The van der Waals surface area contributed by atoms with Gasteiger partial charge < -0.3 is 14.2 Å². The zero-order valence-electron chi connectivity index (χ0n) is 14.4. The van der Waals surface area contributed by atoms with E-state index in [9.17, 15) is 0 Å². The topological polar surface area (TPSA) is 34.3 Å². The Balaban J connectivity index is 1.41. The summed E-state index contributed by atoms with van der Waals surface area (Å²) in [6.45, 7) is 12.0. The van der Waals surface area contributed by atoms with Crippen molar-refractivity contribution in [3.63, 3.8) is 0 Å². The predicted molar refractivity (Wildman–Crippen MR) is 83.5 cm³/mol. The van der Waals surface area contributed by atoms with Crippen LogP contribution in [0, 0.1) is 5.92 Å². The van der Waals surface area contributed by atoms with E-state index in [1.54, 1.807) is 0 Å². The fourth-order valence-corrected chi connectivity index (χ4v) is 3.72. The number of ether oxygens (including phenoxy) is 3. The van der Waals surface area contributed by atoms with Gasteiger partial charge in [0.2, 0.25) is 0 Å². The maximum absolute atomic E-state index is 6.35. The number of rotatable bonds is 7. The Bertz CT molecular complexity index is 394. The third-order valence-electron chi connectivity index (χ3n) is 6.15. The lowest BCUT2D eigenvalue weighted by Gasteiger charge is -2.32. The van der Waals surface area contributed by atoms with Crippen LogP contribution in [0.5, 0.6) is 0 Å². The van der Waals surface area contributed by atoms with Crippen LogP contribution in [0.2, 0.25) is 0 Å². The van der Waals surface area contributed by atoms with E-state index in [0.29, 0.717) is 18.1 Å². The molecule has 3 nitrogen and oxygen atoms in total. The molecule has 5 atom stereocenters. The quantitative estimate of drug-likeness (QED) is 0.664. The fraction of sp³-hybridized carbons (Fsp3) is 1.00. The summed E-state index contributed by atoms with van der Waals surface area (Å²) in [6, 6.07) is 0. The molecule has 0 aromatic rings. The highest BCUT2D eigenvalue weighted by Gasteiger charge is 2.55. The SMILES string of the molecule is CCC(C)(CCC1OC1(C)C)OCC1CCC2(C)OC2C1. The number of hydrogen-bond donors (Lipinski definition) is 0. The third-order valence-corrected chi connectivity index (χ3v) is 6.15. The molecule has 3 heteroatoms. The summed E-state index contributed by atoms with van der Waals surface area (Å²) >= 11 is 0. The molecule has 2 aliphatic heterocycles. The smallest absolute Gasteiger partial charge is 0.0920 e. The third kappa shape index (κ3) is 3.46. The minimum absolute atomic E-state index is 0.00713. The van der Waals surface area contributed by atoms with Crippen molar-refractivity contribution in [1.82, 2.24) is 0 Å². The molecule has 21 heavy (non-hydrogen) atoms. The molecule has 2 saturated heterocycles. The van der Waals surface area contributed by atoms with Crippen molar-refractivity contribution >= 4 is 0 Å². The maximum atomic E-state index is 6.35. The van der Waals surface area contributed by atoms with Gasteiger partial charge in [0.15, 0.2) is 0 Å². The zero-order valence-corrected chi connectivity index (χ0v) is 14.4. The largest absolute Gasteiger partial charge is 0.375 e. The molecular formula is C18H32O3. The van der Waals surface area contributed by atoms with Gasteiger partial charge in [-0.15, -0.1) is 0 Å². The molecule has 3 fully saturated rings. The van der Waals surface area contributed by atoms with Gasteiger partial charge in [0.05, 0.1) is 35.6 Å². The molecule has 0 radical (unpaired) electrons. The van der Waals surface area contributed by atoms with Crippen molar-refractivity contribution in [2.45, 2.75) is 102 Å². The van der Waals surface area contributed by atoms with Gasteiger partial charge >= 0.3 is 0 Å². The summed E-state index contributed by atoms with van der Waals surface area (Å²) in [5.41, 5.74) is 0.332.